The van der Waals surface area contributed by atoms with Crippen molar-refractivity contribution in [3.63, 3.8) is 0 Å². The normalized spacial score (nSPS) is 15.5. The van der Waals surface area contributed by atoms with E-state index in [1.807, 2.05) is 23.1 Å². The number of halogens is 3. The average molecular weight is 416 g/mol. The number of para-hydroxylation sites is 1. The molecule has 0 radical (unpaired) electrons. The highest BCUT2D eigenvalue weighted by Crippen LogP contribution is 2.38. The Morgan fingerprint density at radius 3 is 2.40 bits per heavy atom. The van der Waals surface area contributed by atoms with E-state index in [4.69, 9.17) is 0 Å². The van der Waals surface area contributed by atoms with Crippen LogP contribution in [0.3, 0.4) is 0 Å². The molecule has 1 aromatic heterocycles. The van der Waals surface area contributed by atoms with Gasteiger partial charge >= 0.3 is 12.1 Å². The summed E-state index contributed by atoms with van der Waals surface area (Å²) in [6.45, 7) is 3.48. The number of hydrogen-bond donors (Lipinski definition) is 2. The number of aromatic nitrogens is 1. The van der Waals surface area contributed by atoms with Gasteiger partial charge in [0.2, 0.25) is 0 Å². The van der Waals surface area contributed by atoms with Crippen molar-refractivity contribution in [2.45, 2.75) is 12.7 Å². The number of anilines is 1. The average Bonchev–Trinajstić information content (AvgIpc) is 2.73. The summed E-state index contributed by atoms with van der Waals surface area (Å²) in [5, 5.41) is 9.86. The molecule has 1 aliphatic rings. The lowest BCUT2D eigenvalue weighted by Gasteiger charge is -2.35. The molecule has 8 heteroatoms. The standard InChI is InChI=1S/C22H20F3N3O2/c23-22(24,25)18-8-4-7-16-19(18)26-13-17(21(29)30)20(16)28-11-9-27(10-12-28)14-15-5-2-1-3-6-15/h1-8,13H,9-12,14H2,(H,29,30)/p+1. The number of carboxylic acids is 1. The summed E-state index contributed by atoms with van der Waals surface area (Å²) in [5.74, 6) is -1.20. The van der Waals surface area contributed by atoms with Crippen LogP contribution in [0, 0.1) is 0 Å². The van der Waals surface area contributed by atoms with Crippen molar-refractivity contribution in [3.05, 3.63) is 71.4 Å². The highest BCUT2D eigenvalue weighted by molar-refractivity contribution is 6.05. The lowest BCUT2D eigenvalue weighted by molar-refractivity contribution is -0.914. The maximum absolute atomic E-state index is 13.4. The summed E-state index contributed by atoms with van der Waals surface area (Å²) in [7, 11) is 0. The number of hydrogen-bond acceptors (Lipinski definition) is 3. The van der Waals surface area contributed by atoms with Crippen LogP contribution in [0.2, 0.25) is 0 Å². The van der Waals surface area contributed by atoms with E-state index in [9.17, 15) is 23.1 Å². The second kappa shape index (κ2) is 7.95. The number of carboxylic acid groups (broad SMARTS) is 1. The van der Waals surface area contributed by atoms with E-state index in [1.54, 1.807) is 0 Å². The van der Waals surface area contributed by atoms with Crippen LogP contribution in [-0.4, -0.2) is 42.2 Å². The van der Waals surface area contributed by atoms with E-state index in [0.29, 0.717) is 18.8 Å². The highest BCUT2D eigenvalue weighted by atomic mass is 19.4. The van der Waals surface area contributed by atoms with Crippen LogP contribution < -0.4 is 9.80 Å². The smallest absolute Gasteiger partial charge is 0.418 e. The molecule has 2 heterocycles. The van der Waals surface area contributed by atoms with Crippen molar-refractivity contribution >= 4 is 22.6 Å². The number of benzene rings is 2. The van der Waals surface area contributed by atoms with Gasteiger partial charge < -0.3 is 14.9 Å². The van der Waals surface area contributed by atoms with Gasteiger partial charge in [-0.25, -0.2) is 4.79 Å². The number of alkyl halides is 3. The quantitative estimate of drug-likeness (QED) is 0.687. The van der Waals surface area contributed by atoms with E-state index < -0.39 is 17.7 Å². The summed E-state index contributed by atoms with van der Waals surface area (Å²) in [6, 6.07) is 13.9. The monoisotopic (exact) mass is 416 g/mol. The van der Waals surface area contributed by atoms with Gasteiger partial charge in [0.1, 0.15) is 12.1 Å². The van der Waals surface area contributed by atoms with Gasteiger partial charge in [-0.05, 0) is 6.07 Å². The number of nitrogens with zero attached hydrogens (tertiary/aromatic N) is 2. The number of fused-ring (bicyclic) bond motifs is 1. The third-order valence-electron chi connectivity index (χ3n) is 5.49. The Morgan fingerprint density at radius 1 is 1.07 bits per heavy atom. The molecule has 0 bridgehead atoms. The van der Waals surface area contributed by atoms with Gasteiger partial charge in [0.05, 0.1) is 42.9 Å². The van der Waals surface area contributed by atoms with E-state index in [-0.39, 0.29) is 16.5 Å². The van der Waals surface area contributed by atoms with Crippen molar-refractivity contribution in [2.75, 3.05) is 31.1 Å². The zero-order chi connectivity index (χ0) is 21.3. The Hall–Kier alpha value is -3.13. The molecule has 3 aromatic rings. The fourth-order valence-electron chi connectivity index (χ4n) is 4.04. The molecule has 5 nitrogen and oxygen atoms in total. The van der Waals surface area contributed by atoms with E-state index >= 15 is 0 Å². The fourth-order valence-corrected chi connectivity index (χ4v) is 4.04. The summed E-state index contributed by atoms with van der Waals surface area (Å²) in [4.78, 5) is 18.9. The van der Waals surface area contributed by atoms with Crippen LogP contribution in [-0.2, 0) is 12.7 Å². The predicted octanol–water partition coefficient (Wildman–Crippen LogP) is 2.86. The summed E-state index contributed by atoms with van der Waals surface area (Å²) >= 11 is 0. The molecule has 156 valence electrons. The molecule has 0 atom stereocenters. The summed E-state index contributed by atoms with van der Waals surface area (Å²) in [5.41, 5.74) is 0.387. The Morgan fingerprint density at radius 2 is 1.77 bits per heavy atom. The van der Waals surface area contributed by atoms with Crippen molar-refractivity contribution in [3.8, 4) is 0 Å². The summed E-state index contributed by atoms with van der Waals surface area (Å²) < 4.78 is 40.3. The lowest BCUT2D eigenvalue weighted by atomic mass is 10.0. The maximum Gasteiger partial charge on any atom is 0.418 e. The number of aromatic carboxylic acids is 1. The van der Waals surface area contributed by atoms with Crippen LogP contribution in [0.5, 0.6) is 0 Å². The first kappa shape index (κ1) is 20.2. The minimum atomic E-state index is -4.56. The molecule has 0 unspecified atom stereocenters. The molecule has 0 spiro atoms. The Labute approximate surface area is 171 Å². The third kappa shape index (κ3) is 3.95. The molecular formula is C22H21F3N3O2+. The van der Waals surface area contributed by atoms with Crippen LogP contribution in [0.25, 0.3) is 10.9 Å². The van der Waals surface area contributed by atoms with Crippen molar-refractivity contribution in [1.82, 2.24) is 4.98 Å². The minimum Gasteiger partial charge on any atom is -0.478 e. The zero-order valence-corrected chi connectivity index (χ0v) is 16.1. The Balaban J connectivity index is 1.66. The molecular weight excluding hydrogens is 395 g/mol. The number of carbonyl (C=O) groups is 1. The Kier molecular flexibility index (Phi) is 5.34. The van der Waals surface area contributed by atoms with Gasteiger partial charge in [-0.1, -0.05) is 42.5 Å². The number of pyridine rings is 1. The lowest BCUT2D eigenvalue weighted by Crippen LogP contribution is -3.13. The molecule has 4 rings (SSSR count). The zero-order valence-electron chi connectivity index (χ0n) is 16.1. The van der Waals surface area contributed by atoms with Gasteiger partial charge in [-0.15, -0.1) is 0 Å². The van der Waals surface area contributed by atoms with E-state index in [1.165, 1.54) is 22.6 Å². The van der Waals surface area contributed by atoms with Crippen molar-refractivity contribution in [2.24, 2.45) is 0 Å². The molecule has 30 heavy (non-hydrogen) atoms. The molecule has 2 N–H and O–H groups in total. The molecule has 1 fully saturated rings. The topological polar surface area (TPSA) is 57.9 Å². The second-order valence-corrected chi connectivity index (χ2v) is 7.42. The van der Waals surface area contributed by atoms with Gasteiger partial charge in [0.25, 0.3) is 0 Å². The highest BCUT2D eigenvalue weighted by Gasteiger charge is 2.35. The maximum atomic E-state index is 13.4. The molecule has 1 aliphatic heterocycles. The van der Waals surface area contributed by atoms with Crippen LogP contribution in [0.4, 0.5) is 18.9 Å². The fraction of sp³-hybridized carbons (Fsp3) is 0.273. The van der Waals surface area contributed by atoms with Crippen LogP contribution in [0.1, 0.15) is 21.5 Å². The summed E-state index contributed by atoms with van der Waals surface area (Å²) in [6.07, 6.45) is -3.52. The van der Waals surface area contributed by atoms with Crippen LogP contribution in [0.15, 0.2) is 54.7 Å². The molecule has 0 saturated carbocycles. The third-order valence-corrected chi connectivity index (χ3v) is 5.49. The molecule has 2 aromatic carbocycles. The Bertz CT molecular complexity index is 1060. The van der Waals surface area contributed by atoms with Gasteiger partial charge in [-0.2, -0.15) is 13.2 Å². The first-order valence-corrected chi connectivity index (χ1v) is 9.69. The SMILES string of the molecule is O=C(O)c1cnc2c(C(F)(F)F)cccc2c1N1CC[NH+](Cc2ccccc2)CC1. The number of piperazine rings is 1. The molecule has 0 amide bonds. The minimum absolute atomic E-state index is 0.0756. The van der Waals surface area contributed by atoms with E-state index in [0.717, 1.165) is 31.9 Å². The first-order valence-electron chi connectivity index (χ1n) is 9.69. The first-order chi connectivity index (χ1) is 14.3. The van der Waals surface area contributed by atoms with Crippen molar-refractivity contribution in [1.29, 1.82) is 0 Å². The number of nitrogens with one attached hydrogen (secondary N) is 1. The van der Waals surface area contributed by atoms with Gasteiger partial charge in [0, 0.05) is 17.1 Å². The molecule has 0 aliphatic carbocycles. The second-order valence-electron chi connectivity index (χ2n) is 7.42. The number of quaternary nitrogens is 1. The van der Waals surface area contributed by atoms with Gasteiger partial charge in [-0.3, -0.25) is 4.98 Å². The van der Waals surface area contributed by atoms with Crippen molar-refractivity contribution < 1.29 is 28.0 Å². The molecule has 1 saturated heterocycles. The largest absolute Gasteiger partial charge is 0.478 e. The van der Waals surface area contributed by atoms with Crippen LogP contribution >= 0.6 is 0 Å². The predicted molar refractivity (Wildman–Crippen MR) is 107 cm³/mol. The number of rotatable bonds is 4. The van der Waals surface area contributed by atoms with E-state index in [2.05, 4.69) is 17.1 Å². The van der Waals surface area contributed by atoms with Gasteiger partial charge in [0.15, 0.2) is 0 Å².